The number of pyridine rings is 1. The lowest BCUT2D eigenvalue weighted by Gasteiger charge is -1.97. The summed E-state index contributed by atoms with van der Waals surface area (Å²) >= 11 is 3.38. The lowest BCUT2D eigenvalue weighted by atomic mass is 10.2. The van der Waals surface area contributed by atoms with Crippen LogP contribution in [0.5, 0.6) is 0 Å². The molecule has 26 heavy (non-hydrogen) atoms. The van der Waals surface area contributed by atoms with Gasteiger partial charge in [0.25, 0.3) is 0 Å². The molecule has 2 aromatic heterocycles. The van der Waals surface area contributed by atoms with Gasteiger partial charge in [-0.1, -0.05) is 34.1 Å². The number of hydrogen-bond donors (Lipinski definition) is 0. The van der Waals surface area contributed by atoms with Crippen LogP contribution >= 0.6 is 15.9 Å². The van der Waals surface area contributed by atoms with Crippen LogP contribution < -0.4 is 22.0 Å². The first-order valence-electron chi connectivity index (χ1n) is 7.32. The van der Waals surface area contributed by atoms with Crippen molar-refractivity contribution in [3.8, 4) is 17.4 Å². The number of carbonyl (C=O) groups is 1. The molecular formula is C19H12BrClN2O3. The maximum atomic E-state index is 12.1. The zero-order valence-corrected chi connectivity index (χ0v) is 15.6. The summed E-state index contributed by atoms with van der Waals surface area (Å²) in [6, 6.07) is 18.1. The smallest absolute Gasteiger partial charge is 0.421 e. The number of halogens is 2. The first kappa shape index (κ1) is 19.4. The van der Waals surface area contributed by atoms with Gasteiger partial charge in [-0.2, -0.15) is 10.1 Å². The fourth-order valence-electron chi connectivity index (χ4n) is 2.07. The van der Waals surface area contributed by atoms with Crippen LogP contribution in [-0.2, 0) is 4.79 Å². The summed E-state index contributed by atoms with van der Waals surface area (Å²) in [4.78, 5) is 17.2. The average molecular weight is 432 g/mol. The Morgan fingerprint density at radius 2 is 1.81 bits per heavy atom. The molecule has 0 spiro atoms. The molecule has 0 atom stereocenters. The molecule has 0 fully saturated rings. The van der Waals surface area contributed by atoms with Crippen molar-refractivity contribution in [1.82, 2.24) is 0 Å². The molecule has 0 radical (unpaired) electrons. The Kier molecular flexibility index (Phi) is 6.73. The van der Waals surface area contributed by atoms with Gasteiger partial charge in [0.1, 0.15) is 23.2 Å². The fourth-order valence-corrected chi connectivity index (χ4v) is 2.33. The highest BCUT2D eigenvalue weighted by Gasteiger charge is 2.17. The van der Waals surface area contributed by atoms with Crippen LogP contribution in [0.2, 0.25) is 0 Å². The van der Waals surface area contributed by atoms with Crippen molar-refractivity contribution in [2.45, 2.75) is 0 Å². The molecule has 1 aromatic carbocycles. The normalized spacial score (nSPS) is 10.5. The molecule has 0 aliphatic carbocycles. The Bertz CT molecular complexity index is 960. The Balaban J connectivity index is 0.00000243. The van der Waals surface area contributed by atoms with Gasteiger partial charge in [-0.05, 0) is 24.3 Å². The van der Waals surface area contributed by atoms with Crippen LogP contribution in [0.4, 0.5) is 0 Å². The molecule has 3 aromatic rings. The lowest BCUT2D eigenvalue weighted by Crippen LogP contribution is -3.00. The van der Waals surface area contributed by atoms with Gasteiger partial charge >= 0.3 is 5.97 Å². The number of rotatable bonds is 4. The predicted molar refractivity (Wildman–Crippen MR) is 93.7 cm³/mol. The van der Waals surface area contributed by atoms with E-state index in [2.05, 4.69) is 15.9 Å². The molecular weight excluding hydrogens is 420 g/mol. The first-order valence-corrected chi connectivity index (χ1v) is 8.11. The minimum absolute atomic E-state index is 0. The standard InChI is InChI=1S/C19H12BrN2O3.ClH/c20-16-6-4-14(5-7-16)18-9-8-17(24-18)12-15(13-21)19(23)25-22-10-2-1-3-11-22;/h1-12H;1H/q+1;/p-1/b15-12+;. The highest BCUT2D eigenvalue weighted by molar-refractivity contribution is 9.10. The second kappa shape index (κ2) is 8.99. The van der Waals surface area contributed by atoms with Gasteiger partial charge in [-0.15, -0.1) is 0 Å². The van der Waals surface area contributed by atoms with Gasteiger partial charge in [0.05, 0.1) is 0 Å². The van der Waals surface area contributed by atoms with E-state index in [0.29, 0.717) is 11.5 Å². The molecule has 2 heterocycles. The van der Waals surface area contributed by atoms with Gasteiger partial charge in [0.15, 0.2) is 0 Å². The van der Waals surface area contributed by atoms with Crippen LogP contribution in [0, 0.1) is 11.3 Å². The topological polar surface area (TPSA) is 67.1 Å². The Hall–Kier alpha value is -2.88. The molecule has 0 aliphatic heterocycles. The number of aromatic nitrogens is 1. The van der Waals surface area contributed by atoms with Crippen molar-refractivity contribution in [3.05, 3.63) is 82.8 Å². The molecule has 0 bridgehead atoms. The van der Waals surface area contributed by atoms with Crippen LogP contribution in [0.3, 0.4) is 0 Å². The third-order valence-electron chi connectivity index (χ3n) is 3.26. The highest BCUT2D eigenvalue weighted by Crippen LogP contribution is 2.25. The summed E-state index contributed by atoms with van der Waals surface area (Å²) in [5, 5.41) is 9.21. The van der Waals surface area contributed by atoms with E-state index in [4.69, 9.17) is 9.25 Å². The van der Waals surface area contributed by atoms with Crippen LogP contribution in [-0.4, -0.2) is 5.97 Å². The molecule has 0 unspecified atom stereocenters. The lowest BCUT2D eigenvalue weighted by molar-refractivity contribution is -0.869. The van der Waals surface area contributed by atoms with E-state index < -0.39 is 5.97 Å². The third-order valence-corrected chi connectivity index (χ3v) is 3.79. The highest BCUT2D eigenvalue weighted by atomic mass is 79.9. The number of nitriles is 1. The number of benzene rings is 1. The van der Waals surface area contributed by atoms with Crippen LogP contribution in [0.1, 0.15) is 5.76 Å². The van der Waals surface area contributed by atoms with Crippen molar-refractivity contribution < 1.29 is 31.2 Å². The molecule has 0 saturated heterocycles. The van der Waals surface area contributed by atoms with E-state index >= 15 is 0 Å². The van der Waals surface area contributed by atoms with Gasteiger partial charge in [0, 0.05) is 33.0 Å². The summed E-state index contributed by atoms with van der Waals surface area (Å²) < 4.78 is 7.88. The van der Waals surface area contributed by atoms with Crippen molar-refractivity contribution in [2.24, 2.45) is 0 Å². The monoisotopic (exact) mass is 430 g/mol. The predicted octanol–water partition coefficient (Wildman–Crippen LogP) is 0.563. The molecule has 0 N–H and O–H groups in total. The minimum atomic E-state index is -0.764. The van der Waals surface area contributed by atoms with E-state index in [1.54, 1.807) is 42.7 Å². The average Bonchev–Trinajstić information content (AvgIpc) is 3.09. The van der Waals surface area contributed by atoms with Gasteiger partial charge < -0.3 is 16.8 Å². The van der Waals surface area contributed by atoms with E-state index in [1.807, 2.05) is 30.3 Å². The zero-order chi connectivity index (χ0) is 17.6. The molecule has 0 saturated carbocycles. The molecule has 5 nitrogen and oxygen atoms in total. The van der Waals surface area contributed by atoms with Gasteiger partial charge in [0.2, 0.25) is 12.4 Å². The Labute approximate surface area is 164 Å². The third kappa shape index (κ3) is 4.82. The minimum Gasteiger partial charge on any atom is -1.00 e. The molecule has 130 valence electrons. The largest absolute Gasteiger partial charge is 1.00 e. The van der Waals surface area contributed by atoms with E-state index in [9.17, 15) is 10.1 Å². The summed E-state index contributed by atoms with van der Waals surface area (Å²) in [6.07, 6.45) is 4.48. The van der Waals surface area contributed by atoms with E-state index in [-0.39, 0.29) is 18.0 Å². The first-order chi connectivity index (χ1) is 12.2. The van der Waals surface area contributed by atoms with Crippen LogP contribution in [0.15, 0.2) is 81.5 Å². The summed E-state index contributed by atoms with van der Waals surface area (Å²) in [5.41, 5.74) is 0.733. The number of furan rings is 1. The number of nitrogens with zero attached hydrogens (tertiary/aromatic N) is 2. The zero-order valence-electron chi connectivity index (χ0n) is 13.3. The molecule has 0 aliphatic rings. The van der Waals surface area contributed by atoms with E-state index in [1.165, 1.54) is 10.8 Å². The maximum absolute atomic E-state index is 12.1. The molecule has 7 heteroatoms. The van der Waals surface area contributed by atoms with Crippen molar-refractivity contribution in [1.29, 1.82) is 5.26 Å². The second-order valence-electron chi connectivity index (χ2n) is 4.99. The quantitative estimate of drug-likeness (QED) is 0.344. The fraction of sp³-hybridized carbons (Fsp3) is 0. The van der Waals surface area contributed by atoms with Crippen LogP contribution in [0.25, 0.3) is 17.4 Å². The summed E-state index contributed by atoms with van der Waals surface area (Å²) in [5.74, 6) is 0.270. The maximum Gasteiger partial charge on any atom is 0.421 e. The van der Waals surface area contributed by atoms with E-state index in [0.717, 1.165) is 10.0 Å². The molecule has 0 amide bonds. The van der Waals surface area contributed by atoms with Gasteiger partial charge in [-0.25, -0.2) is 4.79 Å². The molecule has 3 rings (SSSR count). The van der Waals surface area contributed by atoms with Crippen molar-refractivity contribution >= 4 is 28.0 Å². The number of hydrogen-bond acceptors (Lipinski definition) is 4. The van der Waals surface area contributed by atoms with Gasteiger partial charge in [-0.3, -0.25) is 0 Å². The summed E-state index contributed by atoms with van der Waals surface area (Å²) in [6.45, 7) is 0. The Morgan fingerprint density at radius 1 is 1.12 bits per heavy atom. The summed E-state index contributed by atoms with van der Waals surface area (Å²) in [7, 11) is 0. The SMILES string of the molecule is N#C/C(=C\c1ccc(-c2ccc(Br)cc2)o1)C(=O)O[n+]1ccccc1.[Cl-]. The second-order valence-corrected chi connectivity index (χ2v) is 5.91. The Morgan fingerprint density at radius 3 is 2.46 bits per heavy atom. The number of carbonyl (C=O) groups excluding carboxylic acids is 1. The van der Waals surface area contributed by atoms with Crippen molar-refractivity contribution in [2.75, 3.05) is 0 Å². The van der Waals surface area contributed by atoms with Crippen molar-refractivity contribution in [3.63, 3.8) is 0 Å².